The Kier molecular flexibility index (Phi) is 4.59. The molecule has 0 aliphatic carbocycles. The van der Waals surface area contributed by atoms with Gasteiger partial charge in [-0.1, -0.05) is 27.6 Å². The molecule has 1 heterocycles. The summed E-state index contributed by atoms with van der Waals surface area (Å²) in [5.74, 6) is 0.00583. The van der Waals surface area contributed by atoms with E-state index in [1.165, 1.54) is 17.3 Å². The van der Waals surface area contributed by atoms with Crippen molar-refractivity contribution >= 4 is 33.7 Å². The van der Waals surface area contributed by atoms with Crippen LogP contribution in [0.1, 0.15) is 12.8 Å². The number of aliphatic carboxylic acids is 1. The topological polar surface area (TPSA) is 37.3 Å². The van der Waals surface area contributed by atoms with Crippen molar-refractivity contribution in [3.8, 4) is 0 Å². The fourth-order valence-corrected chi connectivity index (χ4v) is 2.19. The zero-order valence-electron chi connectivity index (χ0n) is 7.12. The van der Waals surface area contributed by atoms with E-state index < -0.39 is 5.97 Å². The van der Waals surface area contributed by atoms with Gasteiger partial charge in [0.15, 0.2) is 0 Å². The van der Waals surface area contributed by atoms with Crippen LogP contribution in [-0.2, 0) is 4.79 Å². The lowest BCUT2D eigenvalue weighted by molar-refractivity contribution is -0.131. The molecule has 0 saturated carbocycles. The lowest BCUT2D eigenvalue weighted by Crippen LogP contribution is -2.02. The van der Waals surface area contributed by atoms with Crippen LogP contribution in [0.15, 0.2) is 22.6 Å². The molecule has 0 radical (unpaired) electrons. The van der Waals surface area contributed by atoms with Gasteiger partial charge in [0.05, 0.1) is 4.91 Å². The Labute approximate surface area is 90.2 Å². The van der Waals surface area contributed by atoms with Crippen molar-refractivity contribution in [2.24, 2.45) is 0 Å². The van der Waals surface area contributed by atoms with Crippen LogP contribution in [0.3, 0.4) is 0 Å². The zero-order valence-corrected chi connectivity index (χ0v) is 9.53. The third kappa shape index (κ3) is 3.56. The van der Waals surface area contributed by atoms with E-state index in [9.17, 15) is 4.79 Å². The molecule has 13 heavy (non-hydrogen) atoms. The normalized spacial score (nSPS) is 16.4. The highest BCUT2D eigenvalue weighted by atomic mass is 79.9. The molecule has 4 heteroatoms. The third-order valence-corrected chi connectivity index (χ3v) is 3.42. The molecule has 1 N–H and O–H groups in total. The molecule has 0 spiro atoms. The van der Waals surface area contributed by atoms with Crippen LogP contribution >= 0.6 is 27.7 Å². The lowest BCUT2D eigenvalue weighted by atomic mass is 10.1. The second kappa shape index (κ2) is 5.50. The highest BCUT2D eigenvalue weighted by molar-refractivity contribution is 9.09. The Balaban J connectivity index is 2.49. The Morgan fingerprint density at radius 2 is 2.38 bits per heavy atom. The minimum atomic E-state index is -0.819. The standard InChI is InChI=1S/C9H11BrO2S/c10-5-1-2-7-3-4-8(9(11)12)13-6-7/h3-4H,1-2,5-6H2,(H,11,12). The fourth-order valence-electron chi connectivity index (χ4n) is 1.04. The molecular formula is C9H11BrO2S. The van der Waals surface area contributed by atoms with Crippen LogP contribution in [-0.4, -0.2) is 22.2 Å². The monoisotopic (exact) mass is 262 g/mol. The van der Waals surface area contributed by atoms with Crippen molar-refractivity contribution in [1.82, 2.24) is 0 Å². The van der Waals surface area contributed by atoms with Crippen LogP contribution in [0.2, 0.25) is 0 Å². The number of thioether (sulfide) groups is 1. The van der Waals surface area contributed by atoms with Gasteiger partial charge in [-0.15, -0.1) is 11.8 Å². The van der Waals surface area contributed by atoms with E-state index in [1.807, 2.05) is 6.08 Å². The first kappa shape index (κ1) is 10.9. The summed E-state index contributed by atoms with van der Waals surface area (Å²) in [7, 11) is 0. The minimum absolute atomic E-state index is 0.447. The van der Waals surface area contributed by atoms with Gasteiger partial charge in [-0.2, -0.15) is 0 Å². The van der Waals surface area contributed by atoms with Crippen molar-refractivity contribution in [2.45, 2.75) is 12.8 Å². The fraction of sp³-hybridized carbons (Fsp3) is 0.444. The molecular weight excluding hydrogens is 252 g/mol. The number of rotatable bonds is 4. The summed E-state index contributed by atoms with van der Waals surface area (Å²) >= 11 is 4.78. The molecule has 0 aromatic rings. The van der Waals surface area contributed by atoms with Gasteiger partial charge in [0, 0.05) is 11.1 Å². The molecule has 1 aliphatic rings. The first-order valence-corrected chi connectivity index (χ1v) is 6.16. The van der Waals surface area contributed by atoms with Gasteiger partial charge < -0.3 is 5.11 Å². The van der Waals surface area contributed by atoms with E-state index in [0.717, 1.165) is 23.9 Å². The van der Waals surface area contributed by atoms with E-state index >= 15 is 0 Å². The molecule has 0 fully saturated rings. The van der Waals surface area contributed by atoms with Gasteiger partial charge >= 0.3 is 5.97 Å². The Hall–Kier alpha value is -0.220. The molecule has 72 valence electrons. The summed E-state index contributed by atoms with van der Waals surface area (Å²) in [5, 5.41) is 9.68. The summed E-state index contributed by atoms with van der Waals surface area (Å²) in [6.07, 6.45) is 5.80. The van der Waals surface area contributed by atoms with Crippen LogP contribution < -0.4 is 0 Å². The molecule has 0 atom stereocenters. The average Bonchev–Trinajstić information content (AvgIpc) is 2.15. The van der Waals surface area contributed by atoms with E-state index in [-0.39, 0.29) is 0 Å². The second-order valence-electron chi connectivity index (χ2n) is 2.74. The number of hydrogen-bond acceptors (Lipinski definition) is 2. The predicted octanol–water partition coefficient (Wildman–Crippen LogP) is 2.80. The van der Waals surface area contributed by atoms with Gasteiger partial charge in [0.25, 0.3) is 0 Å². The molecule has 1 rings (SSSR count). The Bertz CT molecular complexity index is 258. The number of carboxylic acids is 1. The number of allylic oxidation sites excluding steroid dienone is 2. The minimum Gasteiger partial charge on any atom is -0.477 e. The zero-order chi connectivity index (χ0) is 9.68. The molecule has 2 nitrogen and oxygen atoms in total. The summed E-state index contributed by atoms with van der Waals surface area (Å²) in [6, 6.07) is 0. The van der Waals surface area contributed by atoms with Gasteiger partial charge in [-0.05, 0) is 18.9 Å². The Morgan fingerprint density at radius 3 is 2.85 bits per heavy atom. The largest absolute Gasteiger partial charge is 0.477 e. The highest BCUT2D eigenvalue weighted by Crippen LogP contribution is 2.26. The quantitative estimate of drug-likeness (QED) is 0.792. The number of halogens is 1. The van der Waals surface area contributed by atoms with Gasteiger partial charge in [-0.3, -0.25) is 0 Å². The SMILES string of the molecule is O=C(O)C1=CC=C(CCCBr)CS1. The molecule has 0 aromatic carbocycles. The van der Waals surface area contributed by atoms with Gasteiger partial charge in [0.2, 0.25) is 0 Å². The number of carbonyl (C=O) groups is 1. The van der Waals surface area contributed by atoms with Crippen molar-refractivity contribution in [3.63, 3.8) is 0 Å². The summed E-state index contributed by atoms with van der Waals surface area (Å²) < 4.78 is 0. The summed E-state index contributed by atoms with van der Waals surface area (Å²) in [6.45, 7) is 0. The van der Waals surface area contributed by atoms with Crippen molar-refractivity contribution in [3.05, 3.63) is 22.6 Å². The summed E-state index contributed by atoms with van der Waals surface area (Å²) in [4.78, 5) is 11.0. The van der Waals surface area contributed by atoms with E-state index in [0.29, 0.717) is 4.91 Å². The second-order valence-corrected chi connectivity index (χ2v) is 4.55. The van der Waals surface area contributed by atoms with Gasteiger partial charge in [-0.25, -0.2) is 4.79 Å². The third-order valence-electron chi connectivity index (χ3n) is 1.73. The van der Waals surface area contributed by atoms with Crippen LogP contribution in [0.5, 0.6) is 0 Å². The summed E-state index contributed by atoms with van der Waals surface area (Å²) in [5.41, 5.74) is 1.33. The van der Waals surface area contributed by atoms with E-state index in [1.54, 1.807) is 6.08 Å². The number of hydrogen-bond donors (Lipinski definition) is 1. The Morgan fingerprint density at radius 1 is 1.62 bits per heavy atom. The predicted molar refractivity (Wildman–Crippen MR) is 59.3 cm³/mol. The van der Waals surface area contributed by atoms with Gasteiger partial charge in [0.1, 0.15) is 0 Å². The average molecular weight is 263 g/mol. The van der Waals surface area contributed by atoms with Crippen LogP contribution in [0, 0.1) is 0 Å². The van der Waals surface area contributed by atoms with Crippen LogP contribution in [0.25, 0.3) is 0 Å². The molecule has 0 bridgehead atoms. The number of alkyl halides is 1. The highest BCUT2D eigenvalue weighted by Gasteiger charge is 2.11. The maximum Gasteiger partial charge on any atom is 0.342 e. The van der Waals surface area contributed by atoms with Crippen molar-refractivity contribution < 1.29 is 9.90 Å². The molecule has 1 aliphatic heterocycles. The first-order chi connectivity index (χ1) is 6.24. The van der Waals surface area contributed by atoms with E-state index in [4.69, 9.17) is 5.11 Å². The van der Waals surface area contributed by atoms with E-state index in [2.05, 4.69) is 15.9 Å². The van der Waals surface area contributed by atoms with Crippen molar-refractivity contribution in [2.75, 3.05) is 11.1 Å². The molecule has 0 amide bonds. The molecule has 0 unspecified atom stereocenters. The number of carboxylic acid groups (broad SMARTS) is 1. The smallest absolute Gasteiger partial charge is 0.342 e. The lowest BCUT2D eigenvalue weighted by Gasteiger charge is -2.10. The maximum absolute atomic E-state index is 10.5. The molecule has 0 aromatic heterocycles. The van der Waals surface area contributed by atoms with Crippen LogP contribution in [0.4, 0.5) is 0 Å². The maximum atomic E-state index is 10.5. The molecule has 0 saturated heterocycles. The van der Waals surface area contributed by atoms with Crippen molar-refractivity contribution in [1.29, 1.82) is 0 Å². The first-order valence-electron chi connectivity index (χ1n) is 4.06.